The summed E-state index contributed by atoms with van der Waals surface area (Å²) in [7, 11) is 6.11. The number of rotatable bonds is 7. The van der Waals surface area contributed by atoms with E-state index in [1.807, 2.05) is 13.1 Å². The second-order valence-corrected chi connectivity index (χ2v) is 5.27. The van der Waals surface area contributed by atoms with Gasteiger partial charge in [0.05, 0.1) is 0 Å². The van der Waals surface area contributed by atoms with Crippen LogP contribution in [-0.2, 0) is 0 Å². The molecule has 0 saturated carbocycles. The fourth-order valence-corrected chi connectivity index (χ4v) is 1.80. The van der Waals surface area contributed by atoms with Crippen molar-refractivity contribution in [2.24, 2.45) is 5.92 Å². The molecule has 0 aromatic carbocycles. The number of aromatic nitrogens is 1. The van der Waals surface area contributed by atoms with E-state index in [9.17, 15) is 0 Å². The minimum atomic E-state index is 0.632. The highest BCUT2D eigenvalue weighted by atomic mass is 15.2. The molecule has 0 aliphatic rings. The number of nitrogens with one attached hydrogen (secondary N) is 1. The first kappa shape index (κ1) is 14.8. The number of hydrogen-bond donors (Lipinski definition) is 1. The molecule has 4 nitrogen and oxygen atoms in total. The Kier molecular flexibility index (Phi) is 5.92. The molecule has 0 saturated heterocycles. The lowest BCUT2D eigenvalue weighted by Gasteiger charge is -2.27. The number of likely N-dealkylation sites (N-methyl/N-ethyl adjacent to an activating group) is 1. The van der Waals surface area contributed by atoms with Gasteiger partial charge in [-0.3, -0.25) is 0 Å². The van der Waals surface area contributed by atoms with Crippen LogP contribution in [0.15, 0.2) is 18.2 Å². The first-order valence-corrected chi connectivity index (χ1v) is 6.57. The number of pyridine rings is 1. The summed E-state index contributed by atoms with van der Waals surface area (Å²) in [4.78, 5) is 9.18. The standard InChI is InChI=1S/C14H26N4/c1-12(2)11-18(10-9-17(4)5)14-8-6-7-13(15-3)16-14/h6-8,12H,9-11H2,1-5H3,(H,15,16). The Hall–Kier alpha value is -1.29. The maximum atomic E-state index is 4.62. The fourth-order valence-electron chi connectivity index (χ4n) is 1.80. The van der Waals surface area contributed by atoms with Gasteiger partial charge in [-0.05, 0) is 32.1 Å². The zero-order valence-corrected chi connectivity index (χ0v) is 12.3. The molecular weight excluding hydrogens is 224 g/mol. The smallest absolute Gasteiger partial charge is 0.131 e. The van der Waals surface area contributed by atoms with E-state index in [0.29, 0.717) is 5.92 Å². The Morgan fingerprint density at radius 2 is 1.94 bits per heavy atom. The summed E-state index contributed by atoms with van der Waals surface area (Å²) in [5.74, 6) is 2.61. The Morgan fingerprint density at radius 1 is 1.22 bits per heavy atom. The summed E-state index contributed by atoms with van der Waals surface area (Å²) in [5, 5.41) is 3.09. The molecule has 0 bridgehead atoms. The van der Waals surface area contributed by atoms with Gasteiger partial charge in [-0.2, -0.15) is 0 Å². The van der Waals surface area contributed by atoms with Crippen LogP contribution in [-0.4, -0.2) is 50.7 Å². The molecule has 1 N–H and O–H groups in total. The van der Waals surface area contributed by atoms with Crippen molar-refractivity contribution in [1.82, 2.24) is 9.88 Å². The first-order valence-electron chi connectivity index (χ1n) is 6.57. The maximum absolute atomic E-state index is 4.62. The van der Waals surface area contributed by atoms with Crippen molar-refractivity contribution in [1.29, 1.82) is 0 Å². The van der Waals surface area contributed by atoms with Crippen molar-refractivity contribution in [2.75, 3.05) is 51.0 Å². The summed E-state index contributed by atoms with van der Waals surface area (Å²) < 4.78 is 0. The average Bonchev–Trinajstić information content (AvgIpc) is 2.34. The molecule has 4 heteroatoms. The zero-order valence-electron chi connectivity index (χ0n) is 12.3. The molecule has 1 rings (SSSR count). The topological polar surface area (TPSA) is 31.4 Å². The molecule has 0 aliphatic heterocycles. The van der Waals surface area contributed by atoms with Crippen LogP contribution in [0.5, 0.6) is 0 Å². The minimum Gasteiger partial charge on any atom is -0.373 e. The number of nitrogens with zero attached hydrogens (tertiary/aromatic N) is 3. The summed E-state index contributed by atoms with van der Waals surface area (Å²) in [5.41, 5.74) is 0. The van der Waals surface area contributed by atoms with Gasteiger partial charge >= 0.3 is 0 Å². The van der Waals surface area contributed by atoms with Crippen LogP contribution in [0, 0.1) is 5.92 Å². The average molecular weight is 250 g/mol. The highest BCUT2D eigenvalue weighted by Gasteiger charge is 2.10. The summed E-state index contributed by atoms with van der Waals surface area (Å²) in [6.07, 6.45) is 0. The molecule has 0 aliphatic carbocycles. The van der Waals surface area contributed by atoms with Crippen molar-refractivity contribution in [3.63, 3.8) is 0 Å². The molecule has 102 valence electrons. The Balaban J connectivity index is 2.79. The molecule has 1 aromatic rings. The van der Waals surface area contributed by atoms with Gasteiger partial charge in [0.2, 0.25) is 0 Å². The third-order valence-corrected chi connectivity index (χ3v) is 2.72. The lowest BCUT2D eigenvalue weighted by Crippen LogP contribution is -2.35. The van der Waals surface area contributed by atoms with Gasteiger partial charge in [0, 0.05) is 26.7 Å². The van der Waals surface area contributed by atoms with E-state index in [-0.39, 0.29) is 0 Å². The van der Waals surface area contributed by atoms with Crippen molar-refractivity contribution < 1.29 is 0 Å². The lowest BCUT2D eigenvalue weighted by molar-refractivity contribution is 0.408. The molecule has 18 heavy (non-hydrogen) atoms. The molecule has 1 heterocycles. The predicted octanol–water partition coefficient (Wildman–Crippen LogP) is 2.15. The lowest BCUT2D eigenvalue weighted by atomic mass is 10.2. The monoisotopic (exact) mass is 250 g/mol. The van der Waals surface area contributed by atoms with Crippen LogP contribution in [0.25, 0.3) is 0 Å². The first-order chi connectivity index (χ1) is 8.52. The van der Waals surface area contributed by atoms with Crippen LogP contribution in [0.4, 0.5) is 11.6 Å². The van der Waals surface area contributed by atoms with Gasteiger partial charge in [0.15, 0.2) is 0 Å². The van der Waals surface area contributed by atoms with Gasteiger partial charge in [-0.15, -0.1) is 0 Å². The molecule has 0 fully saturated rings. The molecule has 1 aromatic heterocycles. The highest BCUT2D eigenvalue weighted by molar-refractivity contribution is 5.46. The van der Waals surface area contributed by atoms with E-state index < -0.39 is 0 Å². The van der Waals surface area contributed by atoms with Crippen LogP contribution in [0.3, 0.4) is 0 Å². The van der Waals surface area contributed by atoms with Gasteiger partial charge < -0.3 is 15.1 Å². The van der Waals surface area contributed by atoms with Gasteiger partial charge in [-0.25, -0.2) is 4.98 Å². The molecule has 0 amide bonds. The van der Waals surface area contributed by atoms with Gasteiger partial charge in [0.25, 0.3) is 0 Å². The Bertz CT molecular complexity index is 349. The second kappa shape index (κ2) is 7.21. The van der Waals surface area contributed by atoms with E-state index in [0.717, 1.165) is 31.3 Å². The van der Waals surface area contributed by atoms with Gasteiger partial charge in [0.1, 0.15) is 11.6 Å². The molecule has 0 spiro atoms. The van der Waals surface area contributed by atoms with E-state index in [4.69, 9.17) is 0 Å². The van der Waals surface area contributed by atoms with E-state index >= 15 is 0 Å². The van der Waals surface area contributed by atoms with E-state index in [1.54, 1.807) is 0 Å². The molecular formula is C14H26N4. The Morgan fingerprint density at radius 3 is 2.50 bits per heavy atom. The van der Waals surface area contributed by atoms with Crippen molar-refractivity contribution in [3.05, 3.63) is 18.2 Å². The maximum Gasteiger partial charge on any atom is 0.131 e. The third-order valence-electron chi connectivity index (χ3n) is 2.72. The normalized spacial score (nSPS) is 11.1. The van der Waals surface area contributed by atoms with Crippen molar-refractivity contribution in [3.8, 4) is 0 Å². The van der Waals surface area contributed by atoms with Crippen molar-refractivity contribution >= 4 is 11.6 Å². The fraction of sp³-hybridized carbons (Fsp3) is 0.643. The van der Waals surface area contributed by atoms with Crippen LogP contribution in [0.2, 0.25) is 0 Å². The molecule has 0 unspecified atom stereocenters. The van der Waals surface area contributed by atoms with Crippen molar-refractivity contribution in [2.45, 2.75) is 13.8 Å². The highest BCUT2D eigenvalue weighted by Crippen LogP contribution is 2.15. The summed E-state index contributed by atoms with van der Waals surface area (Å²) in [6.45, 7) is 7.56. The van der Waals surface area contributed by atoms with Gasteiger partial charge in [-0.1, -0.05) is 19.9 Å². The summed E-state index contributed by atoms with van der Waals surface area (Å²) >= 11 is 0. The number of hydrogen-bond acceptors (Lipinski definition) is 4. The SMILES string of the molecule is CNc1cccc(N(CCN(C)C)CC(C)C)n1. The van der Waals surface area contributed by atoms with Crippen LogP contribution < -0.4 is 10.2 Å². The predicted molar refractivity (Wildman–Crippen MR) is 79.4 cm³/mol. The van der Waals surface area contributed by atoms with Crippen LogP contribution in [0.1, 0.15) is 13.8 Å². The quantitative estimate of drug-likeness (QED) is 0.803. The molecule has 0 atom stereocenters. The van der Waals surface area contributed by atoms with E-state index in [1.165, 1.54) is 0 Å². The number of anilines is 2. The van der Waals surface area contributed by atoms with E-state index in [2.05, 4.69) is 60.2 Å². The summed E-state index contributed by atoms with van der Waals surface area (Å²) in [6, 6.07) is 6.12. The molecule has 0 radical (unpaired) electrons. The zero-order chi connectivity index (χ0) is 13.5. The van der Waals surface area contributed by atoms with Crippen LogP contribution >= 0.6 is 0 Å². The third kappa shape index (κ3) is 4.92. The largest absolute Gasteiger partial charge is 0.373 e. The minimum absolute atomic E-state index is 0.632. The second-order valence-electron chi connectivity index (χ2n) is 5.27. The Labute approximate surface area is 111 Å².